The lowest BCUT2D eigenvalue weighted by molar-refractivity contribution is 0.414. The molecule has 0 aliphatic heterocycles. The van der Waals surface area contributed by atoms with Crippen molar-refractivity contribution in [2.45, 2.75) is 13.8 Å². The molecule has 0 bridgehead atoms. The number of methoxy groups -OCH3 is 1. The molecule has 0 atom stereocenters. The van der Waals surface area contributed by atoms with Gasteiger partial charge in [-0.3, -0.25) is 0 Å². The maximum Gasteiger partial charge on any atom is 0.119 e. The van der Waals surface area contributed by atoms with Gasteiger partial charge in [-0.05, 0) is 23.6 Å². The first kappa shape index (κ1) is 8.12. The summed E-state index contributed by atoms with van der Waals surface area (Å²) in [5.74, 6) is 2.23. The van der Waals surface area contributed by atoms with E-state index in [1.807, 2.05) is 18.2 Å². The lowest BCUT2D eigenvalue weighted by Crippen LogP contribution is -1.89. The van der Waals surface area contributed by atoms with Gasteiger partial charge < -0.3 is 4.74 Å². The average molecular weight is 149 g/mol. The van der Waals surface area contributed by atoms with E-state index in [2.05, 4.69) is 19.9 Å². The lowest BCUT2D eigenvalue weighted by atomic mass is 10.0. The highest BCUT2D eigenvalue weighted by atomic mass is 16.5. The van der Waals surface area contributed by atoms with Crippen LogP contribution in [-0.4, -0.2) is 7.11 Å². The molecule has 0 N–H and O–H groups in total. The molecule has 0 saturated carbocycles. The Balaban J connectivity index is 2.91. The van der Waals surface area contributed by atoms with Gasteiger partial charge >= 0.3 is 0 Å². The molecule has 0 unspecified atom stereocenters. The molecule has 1 heteroatoms. The Hall–Kier alpha value is -0.980. The predicted octanol–water partition coefficient (Wildman–Crippen LogP) is 2.66. The highest BCUT2D eigenvalue weighted by Gasteiger charge is 1.99. The third-order valence-electron chi connectivity index (χ3n) is 1.65. The van der Waals surface area contributed by atoms with Crippen LogP contribution in [0.5, 0.6) is 5.75 Å². The number of benzene rings is 1. The van der Waals surface area contributed by atoms with Crippen molar-refractivity contribution in [3.05, 3.63) is 35.7 Å². The zero-order chi connectivity index (χ0) is 8.27. The van der Waals surface area contributed by atoms with E-state index in [0.29, 0.717) is 0 Å². The Labute approximate surface area is 68.0 Å². The van der Waals surface area contributed by atoms with E-state index in [4.69, 9.17) is 4.74 Å². The maximum atomic E-state index is 5.09. The predicted molar refractivity (Wildman–Crippen MR) is 46.7 cm³/mol. The van der Waals surface area contributed by atoms with Crippen molar-refractivity contribution < 1.29 is 4.74 Å². The summed E-state index contributed by atoms with van der Waals surface area (Å²) in [7, 11) is 1.68. The van der Waals surface area contributed by atoms with E-state index in [1.165, 1.54) is 11.5 Å². The summed E-state index contributed by atoms with van der Waals surface area (Å²) in [6.45, 7) is 4.18. The van der Waals surface area contributed by atoms with Crippen molar-refractivity contribution in [3.63, 3.8) is 0 Å². The van der Waals surface area contributed by atoms with Crippen molar-refractivity contribution in [2.24, 2.45) is 0 Å². The van der Waals surface area contributed by atoms with Gasteiger partial charge in [-0.25, -0.2) is 0 Å². The molecule has 1 radical (unpaired) electrons. The van der Waals surface area contributed by atoms with E-state index in [9.17, 15) is 0 Å². The van der Waals surface area contributed by atoms with Crippen LogP contribution in [0.1, 0.15) is 19.4 Å². The fourth-order valence-electron chi connectivity index (χ4n) is 0.934. The number of hydrogen-bond donors (Lipinski definition) is 0. The summed E-state index contributed by atoms with van der Waals surface area (Å²) in [6, 6.07) is 8.07. The van der Waals surface area contributed by atoms with Crippen molar-refractivity contribution in [3.8, 4) is 5.75 Å². The molecule has 0 aliphatic rings. The van der Waals surface area contributed by atoms with Gasteiger partial charge in [-0.1, -0.05) is 26.0 Å². The van der Waals surface area contributed by atoms with Gasteiger partial charge in [0.05, 0.1) is 7.11 Å². The first-order valence-corrected chi connectivity index (χ1v) is 3.68. The number of hydrogen-bond acceptors (Lipinski definition) is 1. The van der Waals surface area contributed by atoms with Crippen molar-refractivity contribution >= 4 is 0 Å². The molecule has 1 aromatic rings. The van der Waals surface area contributed by atoms with Gasteiger partial charge in [0.1, 0.15) is 5.75 Å². The lowest BCUT2D eigenvalue weighted by Gasteiger charge is -2.05. The molecule has 1 rings (SSSR count). The molecule has 0 saturated heterocycles. The van der Waals surface area contributed by atoms with Gasteiger partial charge in [-0.15, -0.1) is 0 Å². The van der Waals surface area contributed by atoms with E-state index in [-0.39, 0.29) is 0 Å². The number of rotatable bonds is 2. The molecule has 0 spiro atoms. The quantitative estimate of drug-likeness (QED) is 0.628. The highest BCUT2D eigenvalue weighted by molar-refractivity contribution is 5.35. The summed E-state index contributed by atoms with van der Waals surface area (Å²) in [6.07, 6.45) is 0. The Morgan fingerprint density at radius 3 is 2.55 bits per heavy atom. The van der Waals surface area contributed by atoms with Crippen molar-refractivity contribution in [2.75, 3.05) is 7.11 Å². The monoisotopic (exact) mass is 149 g/mol. The van der Waals surface area contributed by atoms with Crippen LogP contribution in [0.25, 0.3) is 0 Å². The Morgan fingerprint density at radius 2 is 2.00 bits per heavy atom. The maximum absolute atomic E-state index is 5.09. The number of ether oxygens (including phenoxy) is 1. The van der Waals surface area contributed by atoms with Gasteiger partial charge in [0, 0.05) is 0 Å². The molecule has 1 nitrogen and oxygen atoms in total. The van der Waals surface area contributed by atoms with Crippen LogP contribution in [0.4, 0.5) is 0 Å². The minimum atomic E-state index is 0.920. The van der Waals surface area contributed by atoms with Gasteiger partial charge in [0.2, 0.25) is 0 Å². The summed E-state index contributed by atoms with van der Waals surface area (Å²) in [4.78, 5) is 0. The van der Waals surface area contributed by atoms with E-state index < -0.39 is 0 Å². The van der Waals surface area contributed by atoms with Crippen LogP contribution in [0.2, 0.25) is 0 Å². The summed E-state index contributed by atoms with van der Waals surface area (Å²) in [5, 5.41) is 0. The molecule has 0 fully saturated rings. The molecule has 11 heavy (non-hydrogen) atoms. The molecule has 59 valence electrons. The summed E-state index contributed by atoms with van der Waals surface area (Å²) in [5.41, 5.74) is 1.24. The van der Waals surface area contributed by atoms with Gasteiger partial charge in [0.25, 0.3) is 0 Å². The SMILES string of the molecule is COc1cccc([C](C)C)c1. The van der Waals surface area contributed by atoms with Crippen LogP contribution in [0, 0.1) is 5.92 Å². The first-order chi connectivity index (χ1) is 5.24. The minimum Gasteiger partial charge on any atom is -0.497 e. The average Bonchev–Trinajstić information content (AvgIpc) is 2.05. The Kier molecular flexibility index (Phi) is 2.53. The van der Waals surface area contributed by atoms with Gasteiger partial charge in [-0.2, -0.15) is 0 Å². The topological polar surface area (TPSA) is 9.23 Å². The Bertz CT molecular complexity index is 228. The van der Waals surface area contributed by atoms with Crippen LogP contribution in [0.3, 0.4) is 0 Å². The third kappa shape index (κ3) is 1.97. The molecule has 0 aromatic heterocycles. The second-order valence-electron chi connectivity index (χ2n) is 2.73. The molecule has 0 heterocycles. The van der Waals surface area contributed by atoms with Crippen LogP contribution >= 0.6 is 0 Å². The fraction of sp³-hybridized carbons (Fsp3) is 0.300. The molecular formula is C10H13O. The third-order valence-corrected chi connectivity index (χ3v) is 1.65. The molecular weight excluding hydrogens is 136 g/mol. The van der Waals surface area contributed by atoms with Crippen LogP contribution in [-0.2, 0) is 0 Å². The molecule has 0 aliphatic carbocycles. The summed E-state index contributed by atoms with van der Waals surface area (Å²) >= 11 is 0. The molecule has 0 amide bonds. The zero-order valence-corrected chi connectivity index (χ0v) is 7.22. The van der Waals surface area contributed by atoms with E-state index in [0.717, 1.165) is 5.75 Å². The van der Waals surface area contributed by atoms with Crippen molar-refractivity contribution in [1.29, 1.82) is 0 Å². The second kappa shape index (κ2) is 3.42. The smallest absolute Gasteiger partial charge is 0.119 e. The summed E-state index contributed by atoms with van der Waals surface area (Å²) < 4.78 is 5.09. The van der Waals surface area contributed by atoms with Gasteiger partial charge in [0.15, 0.2) is 0 Å². The minimum absolute atomic E-state index is 0.920. The first-order valence-electron chi connectivity index (χ1n) is 3.68. The fourth-order valence-corrected chi connectivity index (χ4v) is 0.934. The van der Waals surface area contributed by atoms with E-state index in [1.54, 1.807) is 7.11 Å². The second-order valence-corrected chi connectivity index (χ2v) is 2.73. The normalized spacial score (nSPS) is 10.2. The van der Waals surface area contributed by atoms with Crippen LogP contribution < -0.4 is 4.74 Å². The van der Waals surface area contributed by atoms with Crippen molar-refractivity contribution in [1.82, 2.24) is 0 Å². The molecule has 1 aromatic carbocycles. The highest BCUT2D eigenvalue weighted by Crippen LogP contribution is 2.18. The largest absolute Gasteiger partial charge is 0.497 e. The Morgan fingerprint density at radius 1 is 1.27 bits per heavy atom. The van der Waals surface area contributed by atoms with Crippen LogP contribution in [0.15, 0.2) is 24.3 Å². The zero-order valence-electron chi connectivity index (χ0n) is 7.22. The standard InChI is InChI=1S/C10H13O/c1-8(2)9-5-4-6-10(7-9)11-3/h4-7H,1-3H3. The van der Waals surface area contributed by atoms with E-state index >= 15 is 0 Å².